The molecule has 0 unspecified atom stereocenters. The molecule has 1 aromatic rings. The lowest BCUT2D eigenvalue weighted by molar-refractivity contribution is -0.751. The lowest BCUT2D eigenvalue weighted by atomic mass is 9.99. The van der Waals surface area contributed by atoms with Gasteiger partial charge >= 0.3 is 0 Å². The Labute approximate surface area is 115 Å². The van der Waals surface area contributed by atoms with Crippen LogP contribution in [0.15, 0.2) is 18.2 Å². The van der Waals surface area contributed by atoms with Crippen molar-refractivity contribution in [2.75, 3.05) is 14.2 Å². The van der Waals surface area contributed by atoms with Gasteiger partial charge in [0.15, 0.2) is 0 Å². The maximum atomic E-state index is 10.5. The lowest BCUT2D eigenvalue weighted by Gasteiger charge is -2.26. The van der Waals surface area contributed by atoms with E-state index in [0.29, 0.717) is 5.75 Å². The molecule has 0 heterocycles. The van der Waals surface area contributed by atoms with Gasteiger partial charge in [-0.2, -0.15) is 0 Å². The predicted molar refractivity (Wildman–Crippen MR) is 75.6 cm³/mol. The van der Waals surface area contributed by atoms with E-state index in [1.54, 1.807) is 14.2 Å². The molecule has 0 amide bonds. The SMILES string of the molecule is COc1ccc(OC)c([C@H](O)[C@H](C)[NH2+]C(C)(C)C)c1. The molecule has 2 atom stereocenters. The summed E-state index contributed by atoms with van der Waals surface area (Å²) >= 11 is 0. The molecule has 0 saturated carbocycles. The second-order valence-electron chi connectivity index (χ2n) is 5.94. The normalized spacial score (nSPS) is 14.9. The molecule has 0 aliphatic heterocycles. The second-order valence-corrected chi connectivity index (χ2v) is 5.94. The molecular formula is C15H26NO3+. The number of hydrogen-bond donors (Lipinski definition) is 2. The Morgan fingerprint density at radius 1 is 1.16 bits per heavy atom. The largest absolute Gasteiger partial charge is 0.497 e. The third-order valence-electron chi connectivity index (χ3n) is 3.02. The van der Waals surface area contributed by atoms with Gasteiger partial charge in [-0.05, 0) is 45.9 Å². The molecule has 0 aliphatic carbocycles. The Kier molecular flexibility index (Phi) is 5.20. The molecule has 0 radical (unpaired) electrons. The van der Waals surface area contributed by atoms with E-state index in [1.807, 2.05) is 25.1 Å². The first-order chi connectivity index (χ1) is 8.78. The Hall–Kier alpha value is -1.26. The van der Waals surface area contributed by atoms with Gasteiger partial charge in [0.1, 0.15) is 23.6 Å². The van der Waals surface area contributed by atoms with E-state index in [0.717, 1.165) is 11.3 Å². The van der Waals surface area contributed by atoms with Crippen molar-refractivity contribution in [2.24, 2.45) is 0 Å². The number of hydrogen-bond acceptors (Lipinski definition) is 3. The van der Waals surface area contributed by atoms with E-state index in [1.165, 1.54) is 0 Å². The topological polar surface area (TPSA) is 55.3 Å². The number of quaternary nitrogens is 1. The average molecular weight is 268 g/mol. The quantitative estimate of drug-likeness (QED) is 0.850. The molecule has 4 heteroatoms. The second kappa shape index (κ2) is 6.26. The number of ether oxygens (including phenoxy) is 2. The fourth-order valence-corrected chi connectivity index (χ4v) is 2.23. The van der Waals surface area contributed by atoms with Crippen LogP contribution in [0.4, 0.5) is 0 Å². The van der Waals surface area contributed by atoms with Crippen molar-refractivity contribution in [1.82, 2.24) is 0 Å². The minimum absolute atomic E-state index is 0.0287. The van der Waals surface area contributed by atoms with E-state index < -0.39 is 6.10 Å². The van der Waals surface area contributed by atoms with E-state index in [2.05, 4.69) is 26.1 Å². The standard InChI is InChI=1S/C15H25NO3/c1-10(16-15(2,3)4)14(17)12-9-11(18-5)7-8-13(12)19-6/h7-10,14,16-17H,1-6H3/p+1/t10-,14+/m0/s1. The fourth-order valence-electron chi connectivity index (χ4n) is 2.23. The maximum Gasteiger partial charge on any atom is 0.134 e. The zero-order valence-electron chi connectivity index (χ0n) is 12.7. The van der Waals surface area contributed by atoms with Crippen LogP contribution in [-0.4, -0.2) is 30.9 Å². The number of rotatable bonds is 5. The number of nitrogens with two attached hydrogens (primary N) is 1. The fraction of sp³-hybridized carbons (Fsp3) is 0.600. The van der Waals surface area contributed by atoms with Crippen molar-refractivity contribution in [2.45, 2.75) is 45.4 Å². The van der Waals surface area contributed by atoms with Crippen molar-refractivity contribution in [3.05, 3.63) is 23.8 Å². The first-order valence-electron chi connectivity index (χ1n) is 6.54. The highest BCUT2D eigenvalue weighted by molar-refractivity contribution is 5.41. The highest BCUT2D eigenvalue weighted by Crippen LogP contribution is 2.30. The van der Waals surface area contributed by atoms with Crippen molar-refractivity contribution in [3.8, 4) is 11.5 Å². The number of aliphatic hydroxyl groups excluding tert-OH is 1. The summed E-state index contributed by atoms with van der Waals surface area (Å²) in [5.74, 6) is 1.40. The van der Waals surface area contributed by atoms with E-state index >= 15 is 0 Å². The minimum atomic E-state index is -0.607. The van der Waals surface area contributed by atoms with Crippen molar-refractivity contribution in [1.29, 1.82) is 0 Å². The molecule has 0 aliphatic rings. The van der Waals surface area contributed by atoms with E-state index in [-0.39, 0.29) is 11.6 Å². The first kappa shape index (κ1) is 15.8. The lowest BCUT2D eigenvalue weighted by Crippen LogP contribution is -2.99. The molecule has 0 bridgehead atoms. The number of aliphatic hydroxyl groups is 1. The summed E-state index contributed by atoms with van der Waals surface area (Å²) in [6.07, 6.45) is -0.607. The van der Waals surface area contributed by atoms with Crippen LogP contribution in [0.2, 0.25) is 0 Å². The van der Waals surface area contributed by atoms with Crippen molar-refractivity contribution in [3.63, 3.8) is 0 Å². The Bertz CT molecular complexity index is 412. The van der Waals surface area contributed by atoms with Crippen LogP contribution < -0.4 is 14.8 Å². The van der Waals surface area contributed by atoms with Crippen LogP contribution >= 0.6 is 0 Å². The Balaban J connectivity index is 2.99. The van der Waals surface area contributed by atoms with Gasteiger partial charge in [-0.15, -0.1) is 0 Å². The third-order valence-corrected chi connectivity index (χ3v) is 3.02. The average Bonchev–Trinajstić information content (AvgIpc) is 2.35. The smallest absolute Gasteiger partial charge is 0.134 e. The summed E-state index contributed by atoms with van der Waals surface area (Å²) < 4.78 is 10.5. The zero-order chi connectivity index (χ0) is 14.6. The molecular weight excluding hydrogens is 242 g/mol. The number of methoxy groups -OCH3 is 2. The van der Waals surface area contributed by atoms with Crippen molar-refractivity contribution >= 4 is 0 Å². The molecule has 0 aromatic heterocycles. The molecule has 4 nitrogen and oxygen atoms in total. The zero-order valence-corrected chi connectivity index (χ0v) is 12.7. The summed E-state index contributed by atoms with van der Waals surface area (Å²) in [4.78, 5) is 0. The maximum absolute atomic E-state index is 10.5. The number of benzene rings is 1. The summed E-state index contributed by atoms with van der Waals surface area (Å²) in [6.45, 7) is 8.38. The Morgan fingerprint density at radius 3 is 2.26 bits per heavy atom. The van der Waals surface area contributed by atoms with Crippen LogP contribution in [0.5, 0.6) is 11.5 Å². The third kappa shape index (κ3) is 4.40. The molecule has 1 aromatic carbocycles. The van der Waals surface area contributed by atoms with Crippen molar-refractivity contribution < 1.29 is 19.9 Å². The minimum Gasteiger partial charge on any atom is -0.497 e. The molecule has 19 heavy (non-hydrogen) atoms. The van der Waals surface area contributed by atoms with Gasteiger partial charge in [-0.1, -0.05) is 0 Å². The molecule has 0 spiro atoms. The van der Waals surface area contributed by atoms with Gasteiger partial charge in [-0.3, -0.25) is 0 Å². The predicted octanol–water partition coefficient (Wildman–Crippen LogP) is 1.49. The van der Waals surface area contributed by atoms with Gasteiger partial charge in [0, 0.05) is 5.56 Å². The molecule has 1 rings (SSSR count). The summed E-state index contributed by atoms with van der Waals surface area (Å²) in [5.41, 5.74) is 0.821. The summed E-state index contributed by atoms with van der Waals surface area (Å²) in [5, 5.41) is 12.7. The van der Waals surface area contributed by atoms with Crippen LogP contribution in [0, 0.1) is 0 Å². The summed E-state index contributed by atoms with van der Waals surface area (Å²) in [7, 11) is 3.22. The molecule has 0 fully saturated rings. The van der Waals surface area contributed by atoms with Crippen LogP contribution in [0.1, 0.15) is 39.4 Å². The molecule has 108 valence electrons. The highest BCUT2D eigenvalue weighted by Gasteiger charge is 2.27. The monoisotopic (exact) mass is 268 g/mol. The molecule has 0 saturated heterocycles. The van der Waals surface area contributed by atoms with Gasteiger partial charge < -0.3 is 19.9 Å². The van der Waals surface area contributed by atoms with E-state index in [9.17, 15) is 5.11 Å². The first-order valence-corrected chi connectivity index (χ1v) is 6.54. The van der Waals surface area contributed by atoms with Gasteiger partial charge in [0.05, 0.1) is 19.8 Å². The van der Waals surface area contributed by atoms with Gasteiger partial charge in [-0.25, -0.2) is 0 Å². The molecule has 3 N–H and O–H groups in total. The van der Waals surface area contributed by atoms with Crippen LogP contribution in [-0.2, 0) is 0 Å². The summed E-state index contributed by atoms with van der Waals surface area (Å²) in [6, 6.07) is 5.51. The van der Waals surface area contributed by atoms with Gasteiger partial charge in [0.2, 0.25) is 0 Å². The van der Waals surface area contributed by atoms with Crippen LogP contribution in [0.25, 0.3) is 0 Å². The van der Waals surface area contributed by atoms with Gasteiger partial charge in [0.25, 0.3) is 0 Å². The van der Waals surface area contributed by atoms with Crippen LogP contribution in [0.3, 0.4) is 0 Å². The highest BCUT2D eigenvalue weighted by atomic mass is 16.5. The Morgan fingerprint density at radius 2 is 1.79 bits per heavy atom. The van der Waals surface area contributed by atoms with E-state index in [4.69, 9.17) is 9.47 Å².